The Hall–Kier alpha value is -1.75. The molecule has 0 saturated carbocycles. The Bertz CT molecular complexity index is 508. The van der Waals surface area contributed by atoms with Gasteiger partial charge in [-0.3, -0.25) is 9.78 Å². The quantitative estimate of drug-likeness (QED) is 0.776. The number of thiazole rings is 1. The highest BCUT2D eigenvalue weighted by Gasteiger charge is 2.07. The highest BCUT2D eigenvalue weighted by molar-refractivity contribution is 7.07. The van der Waals surface area contributed by atoms with Crippen LogP contribution in [0.4, 0.5) is 5.69 Å². The molecule has 18 heavy (non-hydrogen) atoms. The summed E-state index contributed by atoms with van der Waals surface area (Å²) in [5.41, 5.74) is 4.37. The molecule has 2 aromatic heterocycles. The second-order valence-corrected chi connectivity index (χ2v) is 4.73. The topological polar surface area (TPSA) is 46.1 Å². The van der Waals surface area contributed by atoms with Gasteiger partial charge >= 0.3 is 0 Å². The molecule has 0 atom stereocenters. The molecule has 5 heteroatoms. The summed E-state index contributed by atoms with van der Waals surface area (Å²) in [7, 11) is 1.98. The molecule has 0 aliphatic carbocycles. The molecule has 2 aromatic rings. The number of Topliss-reactive ketones (excluding diaryl/α,β-unsaturated/α-hetero) is 1. The third-order valence-corrected chi connectivity index (χ3v) is 3.31. The van der Waals surface area contributed by atoms with E-state index >= 15 is 0 Å². The van der Waals surface area contributed by atoms with Gasteiger partial charge in [0.05, 0.1) is 29.6 Å². The van der Waals surface area contributed by atoms with Crippen molar-refractivity contribution in [2.75, 3.05) is 11.9 Å². The molecule has 2 rings (SSSR count). The van der Waals surface area contributed by atoms with Crippen LogP contribution in [0.15, 0.2) is 29.2 Å². The minimum atomic E-state index is 0.0729. The molecule has 0 aromatic carbocycles. The van der Waals surface area contributed by atoms with E-state index in [2.05, 4.69) is 14.9 Å². The lowest BCUT2D eigenvalue weighted by molar-refractivity contribution is 0.0983. The van der Waals surface area contributed by atoms with Crippen molar-refractivity contribution in [2.45, 2.75) is 19.9 Å². The molecule has 0 unspecified atom stereocenters. The molecule has 4 nitrogen and oxygen atoms in total. The van der Waals surface area contributed by atoms with Crippen LogP contribution >= 0.6 is 11.3 Å². The summed E-state index contributed by atoms with van der Waals surface area (Å²) in [4.78, 5) is 22.0. The number of aromatic nitrogens is 2. The fourth-order valence-corrected chi connectivity index (χ4v) is 2.16. The number of nitrogens with zero attached hydrogens (tertiary/aromatic N) is 3. The van der Waals surface area contributed by atoms with Crippen LogP contribution in [0.25, 0.3) is 0 Å². The van der Waals surface area contributed by atoms with Crippen LogP contribution in [0.5, 0.6) is 0 Å². The lowest BCUT2D eigenvalue weighted by Crippen LogP contribution is -2.17. The van der Waals surface area contributed by atoms with E-state index in [0.29, 0.717) is 12.1 Å². The third-order valence-electron chi connectivity index (χ3n) is 2.68. The number of pyridine rings is 1. The number of anilines is 1. The first kappa shape index (κ1) is 12.7. The molecular formula is C13H15N3OS. The van der Waals surface area contributed by atoms with Crippen molar-refractivity contribution in [1.82, 2.24) is 9.97 Å². The van der Waals surface area contributed by atoms with Gasteiger partial charge in [0.25, 0.3) is 0 Å². The molecule has 0 amide bonds. The molecule has 2 heterocycles. The number of hydrogen-bond donors (Lipinski definition) is 0. The van der Waals surface area contributed by atoms with Crippen molar-refractivity contribution in [1.29, 1.82) is 0 Å². The molecule has 0 fully saturated rings. The van der Waals surface area contributed by atoms with Gasteiger partial charge in [0.15, 0.2) is 5.78 Å². The first-order valence-electron chi connectivity index (χ1n) is 5.78. The number of carbonyl (C=O) groups excluding carboxylic acids is 1. The van der Waals surface area contributed by atoms with Crippen LogP contribution in [0, 0.1) is 0 Å². The molecule has 94 valence electrons. The fraction of sp³-hybridized carbons (Fsp3) is 0.308. The minimum absolute atomic E-state index is 0.0729. The van der Waals surface area contributed by atoms with Crippen LogP contribution in [-0.2, 0) is 6.54 Å². The zero-order valence-corrected chi connectivity index (χ0v) is 11.3. The number of ketones is 1. The monoisotopic (exact) mass is 261 g/mol. The zero-order valence-electron chi connectivity index (χ0n) is 10.5. The van der Waals surface area contributed by atoms with E-state index in [4.69, 9.17) is 0 Å². The largest absolute Gasteiger partial charge is 0.367 e. The summed E-state index contributed by atoms with van der Waals surface area (Å²) >= 11 is 1.59. The highest BCUT2D eigenvalue weighted by Crippen LogP contribution is 2.15. The molecule has 0 spiro atoms. The van der Waals surface area contributed by atoms with Crippen molar-refractivity contribution in [2.24, 2.45) is 0 Å². The summed E-state index contributed by atoms with van der Waals surface area (Å²) in [6, 6.07) is 3.70. The van der Waals surface area contributed by atoms with Gasteiger partial charge in [-0.05, 0) is 12.1 Å². The maximum Gasteiger partial charge on any atom is 0.180 e. The molecule has 0 saturated heterocycles. The first-order chi connectivity index (χ1) is 8.70. The number of hydrogen-bond acceptors (Lipinski definition) is 5. The molecule has 0 bridgehead atoms. The molecule has 0 aliphatic heterocycles. The molecule has 0 N–H and O–H groups in total. The van der Waals surface area contributed by atoms with Crippen LogP contribution in [-0.4, -0.2) is 22.8 Å². The second-order valence-electron chi connectivity index (χ2n) is 4.01. The van der Waals surface area contributed by atoms with Crippen molar-refractivity contribution in [3.63, 3.8) is 0 Å². The Kier molecular flexibility index (Phi) is 4.04. The third kappa shape index (κ3) is 2.92. The van der Waals surface area contributed by atoms with Crippen molar-refractivity contribution in [3.05, 3.63) is 40.6 Å². The Morgan fingerprint density at radius 2 is 2.22 bits per heavy atom. The van der Waals surface area contributed by atoms with Gasteiger partial charge in [0.1, 0.15) is 5.69 Å². The minimum Gasteiger partial charge on any atom is -0.367 e. The van der Waals surface area contributed by atoms with Crippen LogP contribution < -0.4 is 4.90 Å². The van der Waals surface area contributed by atoms with Crippen LogP contribution in [0.3, 0.4) is 0 Å². The average molecular weight is 261 g/mol. The number of carbonyl (C=O) groups is 1. The summed E-state index contributed by atoms with van der Waals surface area (Å²) in [5.74, 6) is 0.0729. The van der Waals surface area contributed by atoms with E-state index in [0.717, 1.165) is 17.9 Å². The highest BCUT2D eigenvalue weighted by atomic mass is 32.1. The maximum absolute atomic E-state index is 11.5. The SMILES string of the molecule is CCC(=O)c1ccc(N(C)Cc2cscn2)cn1. The van der Waals surface area contributed by atoms with E-state index in [1.54, 1.807) is 23.6 Å². The van der Waals surface area contributed by atoms with Crippen LogP contribution in [0.1, 0.15) is 29.5 Å². The van der Waals surface area contributed by atoms with Crippen molar-refractivity contribution >= 4 is 22.8 Å². The van der Waals surface area contributed by atoms with Crippen molar-refractivity contribution < 1.29 is 4.79 Å². The molecule has 0 aliphatic rings. The van der Waals surface area contributed by atoms with E-state index in [-0.39, 0.29) is 5.78 Å². The summed E-state index contributed by atoms with van der Waals surface area (Å²) in [6.07, 6.45) is 2.22. The Labute approximate surface area is 110 Å². The summed E-state index contributed by atoms with van der Waals surface area (Å²) in [5, 5.41) is 2.03. The smallest absolute Gasteiger partial charge is 0.180 e. The van der Waals surface area contributed by atoms with Gasteiger partial charge in [-0.15, -0.1) is 11.3 Å². The van der Waals surface area contributed by atoms with Crippen molar-refractivity contribution in [3.8, 4) is 0 Å². The normalized spacial score (nSPS) is 10.3. The van der Waals surface area contributed by atoms with Gasteiger partial charge in [-0.1, -0.05) is 6.92 Å². The van der Waals surface area contributed by atoms with E-state index in [1.807, 2.05) is 30.9 Å². The van der Waals surface area contributed by atoms with Gasteiger partial charge in [0.2, 0.25) is 0 Å². The Balaban J connectivity index is 2.07. The van der Waals surface area contributed by atoms with Gasteiger partial charge in [-0.2, -0.15) is 0 Å². The lowest BCUT2D eigenvalue weighted by Gasteiger charge is -2.17. The molecular weight excluding hydrogens is 246 g/mol. The van der Waals surface area contributed by atoms with Gasteiger partial charge in [0, 0.05) is 18.8 Å². The van der Waals surface area contributed by atoms with Crippen LogP contribution in [0.2, 0.25) is 0 Å². The van der Waals surface area contributed by atoms with Gasteiger partial charge < -0.3 is 4.90 Å². The Morgan fingerprint density at radius 1 is 1.39 bits per heavy atom. The lowest BCUT2D eigenvalue weighted by atomic mass is 10.2. The predicted molar refractivity (Wildman–Crippen MR) is 73.1 cm³/mol. The van der Waals surface area contributed by atoms with E-state index in [9.17, 15) is 4.79 Å². The predicted octanol–water partition coefficient (Wildman–Crippen LogP) is 2.77. The standard InChI is InChI=1S/C13H15N3OS/c1-3-13(17)12-5-4-11(6-14-12)16(2)7-10-8-18-9-15-10/h4-6,8-9H,3,7H2,1-2H3. The first-order valence-corrected chi connectivity index (χ1v) is 6.72. The Morgan fingerprint density at radius 3 is 2.78 bits per heavy atom. The van der Waals surface area contributed by atoms with E-state index in [1.165, 1.54) is 0 Å². The molecule has 0 radical (unpaired) electrons. The fourth-order valence-electron chi connectivity index (χ4n) is 1.61. The number of rotatable bonds is 5. The average Bonchev–Trinajstić information content (AvgIpc) is 2.91. The van der Waals surface area contributed by atoms with E-state index < -0.39 is 0 Å². The maximum atomic E-state index is 11.5. The van der Waals surface area contributed by atoms with Gasteiger partial charge in [-0.25, -0.2) is 4.98 Å². The summed E-state index contributed by atoms with van der Waals surface area (Å²) < 4.78 is 0. The second kappa shape index (κ2) is 5.73. The summed E-state index contributed by atoms with van der Waals surface area (Å²) in [6.45, 7) is 2.58. The zero-order chi connectivity index (χ0) is 13.0.